The Balaban J connectivity index is 0.981. The van der Waals surface area contributed by atoms with Crippen molar-refractivity contribution < 1.29 is 19.5 Å². The summed E-state index contributed by atoms with van der Waals surface area (Å²) in [5.41, 5.74) is 10.0. The van der Waals surface area contributed by atoms with Gasteiger partial charge < -0.3 is 13.9 Å². The topological polar surface area (TPSA) is 21.3 Å². The molecular weight excluding hydrogens is 813 g/mol. The summed E-state index contributed by atoms with van der Waals surface area (Å²) in [6.45, 7) is 0. The van der Waals surface area contributed by atoms with E-state index in [2.05, 4.69) is 59.2 Å². The SMILES string of the molecule is [2H]c1c([2H])c(N(c2ccc(-c3ccccc3-n3c4ccccc4c4ccccc43)cc2)c2ccc(-c3cccc4c3oc3c(-c5ccccc5)cccc34)cc2)c([2H])c([2H])c1-c1c([2H])c([2H])c2c([2H])c([2H])c([2H])c([2H])c2c1[2H]. The van der Waals surface area contributed by atoms with Crippen molar-refractivity contribution in [3.05, 3.63) is 255 Å². The maximum Gasteiger partial charge on any atom is 0.143 e. The highest BCUT2D eigenvalue weighted by Gasteiger charge is 2.19. The first-order chi connectivity index (χ1) is 37.8. The summed E-state index contributed by atoms with van der Waals surface area (Å²) in [6, 6.07) is 55.7. The molecule has 0 unspecified atom stereocenters. The maximum atomic E-state index is 9.73. The van der Waals surface area contributed by atoms with Crippen LogP contribution in [0.2, 0.25) is 0 Å². The van der Waals surface area contributed by atoms with Crippen LogP contribution in [0.3, 0.4) is 0 Å². The van der Waals surface area contributed by atoms with Gasteiger partial charge >= 0.3 is 0 Å². The number of hydrogen-bond acceptors (Lipinski definition) is 2. The van der Waals surface area contributed by atoms with Crippen LogP contribution < -0.4 is 4.90 Å². The van der Waals surface area contributed by atoms with E-state index >= 15 is 0 Å². The first-order valence-electron chi connectivity index (χ1n) is 27.5. The molecule has 0 aliphatic carbocycles. The third-order valence-corrected chi connectivity index (χ3v) is 12.5. The molecule has 2 aromatic heterocycles. The lowest BCUT2D eigenvalue weighted by Gasteiger charge is -2.26. The Morgan fingerprint density at radius 3 is 1.48 bits per heavy atom. The van der Waals surface area contributed by atoms with Gasteiger partial charge in [-0.25, -0.2) is 0 Å². The number of aromatic nitrogens is 1. The molecule has 0 saturated heterocycles. The van der Waals surface area contributed by atoms with Crippen molar-refractivity contribution >= 4 is 71.6 Å². The Hall–Kier alpha value is -8.92. The highest BCUT2D eigenvalue weighted by Crippen LogP contribution is 2.43. The van der Waals surface area contributed by atoms with E-state index in [4.69, 9.17) is 12.6 Å². The fourth-order valence-corrected chi connectivity index (χ4v) is 9.42. The molecule has 0 fully saturated rings. The highest BCUT2D eigenvalue weighted by atomic mass is 16.3. The zero-order valence-electron chi connectivity index (χ0n) is 46.7. The molecule has 0 spiro atoms. The zero-order chi connectivity index (χ0) is 53.8. The molecule has 0 aliphatic rings. The maximum absolute atomic E-state index is 9.73. The van der Waals surface area contributed by atoms with E-state index in [0.29, 0.717) is 17.0 Å². The Kier molecular flexibility index (Phi) is 6.85. The largest absolute Gasteiger partial charge is 0.455 e. The van der Waals surface area contributed by atoms with Crippen LogP contribution in [0.25, 0.3) is 105 Å². The van der Waals surface area contributed by atoms with Gasteiger partial charge in [0, 0.05) is 55.3 Å². The zero-order valence-corrected chi connectivity index (χ0v) is 35.7. The average molecular weight is 866 g/mol. The molecule has 0 aliphatic heterocycles. The molecule has 0 bridgehead atoms. The molecule has 2 heterocycles. The Morgan fingerprint density at radius 1 is 0.343 bits per heavy atom. The van der Waals surface area contributed by atoms with E-state index in [9.17, 15) is 6.85 Å². The van der Waals surface area contributed by atoms with E-state index in [0.717, 1.165) is 77.2 Å². The third-order valence-electron chi connectivity index (χ3n) is 12.5. The smallest absolute Gasteiger partial charge is 0.143 e. The van der Waals surface area contributed by atoms with Crippen molar-refractivity contribution in [2.24, 2.45) is 0 Å². The van der Waals surface area contributed by atoms with Crippen LogP contribution in [0, 0.1) is 0 Å². The minimum Gasteiger partial charge on any atom is -0.455 e. The second kappa shape index (κ2) is 16.0. The fraction of sp³-hybridized carbons (Fsp3) is 0. The normalized spacial score (nSPS) is 13.9. The molecular formula is C64H42N2O. The summed E-state index contributed by atoms with van der Waals surface area (Å²) in [7, 11) is 0. The fourth-order valence-electron chi connectivity index (χ4n) is 9.42. The van der Waals surface area contributed by atoms with Crippen LogP contribution in [0.15, 0.2) is 259 Å². The van der Waals surface area contributed by atoms with Gasteiger partial charge in [-0.2, -0.15) is 0 Å². The molecule has 67 heavy (non-hydrogen) atoms. The van der Waals surface area contributed by atoms with E-state index < -0.39 is 77.6 Å². The van der Waals surface area contributed by atoms with Crippen molar-refractivity contribution in [3.8, 4) is 50.2 Å². The number of para-hydroxylation sites is 5. The van der Waals surface area contributed by atoms with Crippen molar-refractivity contribution in [3.63, 3.8) is 0 Å². The number of nitrogens with zero attached hydrogens (tertiary/aromatic N) is 2. The number of fused-ring (bicyclic) bond motifs is 7. The number of furan rings is 1. The Labute approximate surface area is 404 Å². The second-order valence-electron chi connectivity index (χ2n) is 16.4. The number of hydrogen-bond donors (Lipinski definition) is 0. The van der Waals surface area contributed by atoms with E-state index in [1.165, 1.54) is 0 Å². The predicted octanol–water partition coefficient (Wildman–Crippen LogP) is 18.0. The van der Waals surface area contributed by atoms with Crippen LogP contribution in [-0.4, -0.2) is 4.57 Å². The monoisotopic (exact) mass is 865 g/mol. The predicted molar refractivity (Wildman–Crippen MR) is 282 cm³/mol. The van der Waals surface area contributed by atoms with Crippen molar-refractivity contribution in [2.45, 2.75) is 0 Å². The molecule has 3 nitrogen and oxygen atoms in total. The second-order valence-corrected chi connectivity index (χ2v) is 16.4. The van der Waals surface area contributed by atoms with Gasteiger partial charge in [0.2, 0.25) is 0 Å². The summed E-state index contributed by atoms with van der Waals surface area (Å²) < 4.78 is 109. The van der Waals surface area contributed by atoms with Crippen LogP contribution >= 0.6 is 0 Å². The van der Waals surface area contributed by atoms with Gasteiger partial charge in [0.1, 0.15) is 11.2 Å². The number of benzene rings is 11. The van der Waals surface area contributed by atoms with Gasteiger partial charge in [0.15, 0.2) is 0 Å². The van der Waals surface area contributed by atoms with Crippen molar-refractivity contribution in [1.29, 1.82) is 0 Å². The Bertz CT molecular complexity index is 4550. The van der Waals surface area contributed by atoms with Gasteiger partial charge in [-0.15, -0.1) is 0 Å². The first kappa shape index (κ1) is 28.8. The molecule has 0 radical (unpaired) electrons. The lowest BCUT2D eigenvalue weighted by molar-refractivity contribution is 0.671. The van der Waals surface area contributed by atoms with Gasteiger partial charge in [-0.05, 0) is 99.2 Å². The summed E-state index contributed by atoms with van der Waals surface area (Å²) in [5.74, 6) is 0. The van der Waals surface area contributed by atoms with Crippen LogP contribution in [0.1, 0.15) is 15.1 Å². The molecule has 0 saturated carbocycles. The third kappa shape index (κ3) is 6.59. The van der Waals surface area contributed by atoms with E-state index in [1.54, 1.807) is 4.90 Å². The molecule has 0 N–H and O–H groups in total. The molecule has 3 heteroatoms. The summed E-state index contributed by atoms with van der Waals surface area (Å²) in [5, 5.41) is 3.49. The standard InChI is InChI=1S/C64H42N2O/c1-2-15-45(16-3-1)54-21-12-23-58-59-24-13-22-55(64(59)67-63(54)58)47-34-40-52(41-35-47)65(50-36-30-44(31-37-50)49-29-28-43-14-4-5-17-48(43)42-49)51-38-32-46(33-39-51)53-18-6-9-25-60(53)66-61-26-10-7-19-56(61)57-20-8-11-27-62(57)66/h1-42H/i4D,5D,14D,17D,28D,29D,30D,31D,36D,37D,42D. The Morgan fingerprint density at radius 2 is 0.836 bits per heavy atom. The van der Waals surface area contributed by atoms with Gasteiger partial charge in [-0.1, -0.05) is 194 Å². The molecule has 314 valence electrons. The van der Waals surface area contributed by atoms with Crippen molar-refractivity contribution in [2.75, 3.05) is 4.90 Å². The quantitative estimate of drug-likeness (QED) is 0.152. The molecule has 13 aromatic rings. The van der Waals surface area contributed by atoms with Crippen LogP contribution in [-0.2, 0) is 0 Å². The van der Waals surface area contributed by atoms with E-state index in [-0.39, 0.29) is 16.5 Å². The number of rotatable bonds is 8. The average Bonchev–Trinajstić information content (AvgIpc) is 4.16. The lowest BCUT2D eigenvalue weighted by Crippen LogP contribution is -2.09. The summed E-state index contributed by atoms with van der Waals surface area (Å²) in [6.07, 6.45) is 0. The molecule has 0 atom stereocenters. The number of anilines is 3. The van der Waals surface area contributed by atoms with Gasteiger partial charge in [0.05, 0.1) is 31.8 Å². The minimum absolute atomic E-state index is 0.125. The molecule has 13 rings (SSSR count). The van der Waals surface area contributed by atoms with E-state index in [1.807, 2.05) is 133 Å². The van der Waals surface area contributed by atoms with Crippen LogP contribution in [0.4, 0.5) is 17.1 Å². The summed E-state index contributed by atoms with van der Waals surface area (Å²) >= 11 is 0. The lowest BCUT2D eigenvalue weighted by atomic mass is 9.99. The van der Waals surface area contributed by atoms with Gasteiger partial charge in [0.25, 0.3) is 0 Å². The highest BCUT2D eigenvalue weighted by molar-refractivity contribution is 6.13. The van der Waals surface area contributed by atoms with Crippen molar-refractivity contribution in [1.82, 2.24) is 4.57 Å². The van der Waals surface area contributed by atoms with Gasteiger partial charge in [-0.3, -0.25) is 0 Å². The summed E-state index contributed by atoms with van der Waals surface area (Å²) in [4.78, 5) is 1.65. The first-order valence-corrected chi connectivity index (χ1v) is 22.0. The van der Waals surface area contributed by atoms with Crippen LogP contribution in [0.5, 0.6) is 0 Å². The molecule has 0 amide bonds. The minimum atomic E-state index is -0.661. The molecule has 11 aromatic carbocycles.